The van der Waals surface area contributed by atoms with Crippen LogP contribution in [0, 0.1) is 41.5 Å². The van der Waals surface area contributed by atoms with E-state index in [9.17, 15) is 0 Å². The van der Waals surface area contributed by atoms with Crippen molar-refractivity contribution in [1.82, 2.24) is 0 Å². The molecule has 0 spiro atoms. The van der Waals surface area contributed by atoms with Gasteiger partial charge in [0.25, 0.3) is 0 Å². The summed E-state index contributed by atoms with van der Waals surface area (Å²) in [4.78, 5) is 4.73. The lowest BCUT2D eigenvalue weighted by molar-refractivity contribution is 1.27. The van der Waals surface area contributed by atoms with Gasteiger partial charge in [-0.15, -0.1) is 0 Å². The Morgan fingerprint density at radius 1 is 0.261 bits per heavy atom. The van der Waals surface area contributed by atoms with E-state index in [-0.39, 0.29) is 0 Å². The van der Waals surface area contributed by atoms with Gasteiger partial charge in [0.2, 0.25) is 0 Å². The molecular weight excluding hydrogens is 556 g/mol. The molecule has 0 saturated heterocycles. The molecule has 0 N–H and O–H groups in total. The maximum Gasteiger partial charge on any atom is 0.0468 e. The van der Waals surface area contributed by atoms with Crippen LogP contribution in [-0.4, -0.2) is 0 Å². The van der Waals surface area contributed by atoms with Crippen LogP contribution in [0.4, 0.5) is 34.1 Å². The van der Waals surface area contributed by atoms with E-state index in [4.69, 9.17) is 0 Å². The number of anilines is 6. The Balaban J connectivity index is 1.38. The molecule has 46 heavy (non-hydrogen) atoms. The zero-order valence-electron chi connectivity index (χ0n) is 27.6. The number of aryl methyl sites for hydroxylation is 6. The lowest BCUT2D eigenvalue weighted by Gasteiger charge is -2.27. The van der Waals surface area contributed by atoms with Gasteiger partial charge in [-0.3, -0.25) is 0 Å². The molecule has 7 aromatic carbocycles. The van der Waals surface area contributed by atoms with E-state index < -0.39 is 0 Å². The van der Waals surface area contributed by atoms with Crippen LogP contribution in [0.5, 0.6) is 0 Å². The second kappa shape index (κ2) is 11.9. The second-order valence-corrected chi connectivity index (χ2v) is 12.7. The SMILES string of the molecule is Cc1ccc(N(c2ccc(C)cc2)c2ccc3c(C)c4cc(N(c5ccc(C)cc5)c5ccc(C)cc5)ccc4c(C)c3c2)cc1. The lowest BCUT2D eigenvalue weighted by atomic mass is 9.92. The Hall–Kier alpha value is -5.34. The first-order valence-corrected chi connectivity index (χ1v) is 16.1. The standard InChI is InChI=1S/C44H40N2/c1-29-7-15-35(16-8-29)45(36-17-9-30(2)10-18-36)39-23-25-41-34(6)44-28-40(24-26-42(44)33(5)43(41)27-39)46(37-19-11-31(3)12-20-37)38-21-13-32(4)14-22-38/h7-28H,1-6H3. The number of nitrogens with zero attached hydrogens (tertiary/aromatic N) is 2. The van der Waals surface area contributed by atoms with Crippen molar-refractivity contribution in [2.24, 2.45) is 0 Å². The smallest absolute Gasteiger partial charge is 0.0468 e. The van der Waals surface area contributed by atoms with Crippen LogP contribution >= 0.6 is 0 Å². The molecule has 0 bridgehead atoms. The van der Waals surface area contributed by atoms with E-state index in [0.29, 0.717) is 0 Å². The zero-order valence-corrected chi connectivity index (χ0v) is 27.6. The summed E-state index contributed by atoms with van der Waals surface area (Å²) in [6.45, 7) is 13.1. The van der Waals surface area contributed by atoms with Gasteiger partial charge >= 0.3 is 0 Å². The Morgan fingerprint density at radius 3 is 0.761 bits per heavy atom. The number of fused-ring (bicyclic) bond motifs is 2. The van der Waals surface area contributed by atoms with Gasteiger partial charge in [0.05, 0.1) is 0 Å². The first-order chi connectivity index (χ1) is 22.3. The minimum Gasteiger partial charge on any atom is -0.310 e. The number of rotatable bonds is 6. The molecule has 7 aromatic rings. The summed E-state index contributed by atoms with van der Waals surface area (Å²) in [5.41, 5.74) is 14.6. The van der Waals surface area contributed by atoms with Crippen LogP contribution in [0.25, 0.3) is 21.5 Å². The normalized spacial score (nSPS) is 11.3. The maximum absolute atomic E-state index is 2.37. The van der Waals surface area contributed by atoms with Crippen molar-refractivity contribution in [2.45, 2.75) is 41.5 Å². The molecule has 0 aliphatic carbocycles. The van der Waals surface area contributed by atoms with Gasteiger partial charge in [-0.1, -0.05) is 82.9 Å². The molecule has 0 heterocycles. The van der Waals surface area contributed by atoms with Gasteiger partial charge < -0.3 is 9.80 Å². The van der Waals surface area contributed by atoms with Gasteiger partial charge in [-0.25, -0.2) is 0 Å². The van der Waals surface area contributed by atoms with Gasteiger partial charge in [-0.2, -0.15) is 0 Å². The zero-order chi connectivity index (χ0) is 31.9. The molecule has 0 atom stereocenters. The van der Waals surface area contributed by atoms with Crippen molar-refractivity contribution in [1.29, 1.82) is 0 Å². The number of hydrogen-bond donors (Lipinski definition) is 0. The molecule has 0 fully saturated rings. The Morgan fingerprint density at radius 2 is 0.500 bits per heavy atom. The summed E-state index contributed by atoms with van der Waals surface area (Å²) in [5, 5.41) is 5.15. The fourth-order valence-corrected chi connectivity index (χ4v) is 6.58. The van der Waals surface area contributed by atoms with E-state index in [1.807, 2.05) is 0 Å². The lowest BCUT2D eigenvalue weighted by Crippen LogP contribution is -2.10. The molecule has 2 heteroatoms. The molecule has 0 saturated carbocycles. The van der Waals surface area contributed by atoms with Crippen molar-refractivity contribution in [2.75, 3.05) is 9.80 Å². The van der Waals surface area contributed by atoms with Crippen molar-refractivity contribution >= 4 is 55.7 Å². The Labute approximate surface area is 273 Å². The Kier molecular flexibility index (Phi) is 7.58. The number of benzene rings is 7. The molecule has 7 rings (SSSR count). The first kappa shape index (κ1) is 29.4. The minimum absolute atomic E-state index is 1.15. The van der Waals surface area contributed by atoms with E-state index in [2.05, 4.69) is 185 Å². The molecule has 0 unspecified atom stereocenters. The minimum atomic E-state index is 1.15. The molecular formula is C44H40N2. The van der Waals surface area contributed by atoms with Crippen LogP contribution in [0.15, 0.2) is 133 Å². The van der Waals surface area contributed by atoms with Crippen molar-refractivity contribution in [3.63, 3.8) is 0 Å². The van der Waals surface area contributed by atoms with Gasteiger partial charge in [-0.05, 0) is 147 Å². The van der Waals surface area contributed by atoms with E-state index >= 15 is 0 Å². The molecule has 0 radical (unpaired) electrons. The monoisotopic (exact) mass is 596 g/mol. The summed E-state index contributed by atoms with van der Waals surface area (Å²) in [5.74, 6) is 0. The van der Waals surface area contributed by atoms with Gasteiger partial charge in [0.15, 0.2) is 0 Å². The molecule has 0 aliphatic heterocycles. The Bertz CT molecular complexity index is 1920. The fourth-order valence-electron chi connectivity index (χ4n) is 6.58. The largest absolute Gasteiger partial charge is 0.310 e. The highest BCUT2D eigenvalue weighted by molar-refractivity contribution is 6.08. The van der Waals surface area contributed by atoms with Crippen molar-refractivity contribution in [3.8, 4) is 0 Å². The molecule has 226 valence electrons. The average molecular weight is 597 g/mol. The fraction of sp³-hybridized carbons (Fsp3) is 0.136. The molecule has 0 amide bonds. The van der Waals surface area contributed by atoms with Crippen LogP contribution in [0.2, 0.25) is 0 Å². The van der Waals surface area contributed by atoms with E-state index in [1.165, 1.54) is 54.9 Å². The van der Waals surface area contributed by atoms with E-state index in [1.54, 1.807) is 0 Å². The van der Waals surface area contributed by atoms with Crippen LogP contribution in [0.3, 0.4) is 0 Å². The molecule has 2 nitrogen and oxygen atoms in total. The summed E-state index contributed by atoms with van der Waals surface area (Å²) < 4.78 is 0. The van der Waals surface area contributed by atoms with Crippen LogP contribution < -0.4 is 9.80 Å². The quantitative estimate of drug-likeness (QED) is 0.176. The third-order valence-electron chi connectivity index (χ3n) is 9.31. The van der Waals surface area contributed by atoms with Crippen LogP contribution in [0.1, 0.15) is 33.4 Å². The predicted molar refractivity (Wildman–Crippen MR) is 199 cm³/mol. The summed E-state index contributed by atoms with van der Waals surface area (Å²) in [6, 6.07) is 49.1. The van der Waals surface area contributed by atoms with Crippen molar-refractivity contribution in [3.05, 3.63) is 167 Å². The molecule has 0 aliphatic rings. The predicted octanol–water partition coefficient (Wildman–Crippen LogP) is 12.8. The van der Waals surface area contributed by atoms with E-state index in [0.717, 1.165) is 34.1 Å². The van der Waals surface area contributed by atoms with Gasteiger partial charge in [0.1, 0.15) is 0 Å². The summed E-state index contributed by atoms with van der Waals surface area (Å²) in [6.07, 6.45) is 0. The summed E-state index contributed by atoms with van der Waals surface area (Å²) >= 11 is 0. The first-order valence-electron chi connectivity index (χ1n) is 16.1. The highest BCUT2D eigenvalue weighted by Crippen LogP contribution is 2.42. The third-order valence-corrected chi connectivity index (χ3v) is 9.31. The second-order valence-electron chi connectivity index (χ2n) is 12.7. The van der Waals surface area contributed by atoms with Gasteiger partial charge in [0, 0.05) is 34.1 Å². The van der Waals surface area contributed by atoms with Crippen LogP contribution in [-0.2, 0) is 0 Å². The average Bonchev–Trinajstić information content (AvgIpc) is 3.07. The summed E-state index contributed by atoms with van der Waals surface area (Å²) in [7, 11) is 0. The highest BCUT2D eigenvalue weighted by atomic mass is 15.1. The number of hydrogen-bond acceptors (Lipinski definition) is 2. The highest BCUT2D eigenvalue weighted by Gasteiger charge is 2.18. The maximum atomic E-state index is 2.37. The topological polar surface area (TPSA) is 6.48 Å². The molecule has 0 aromatic heterocycles. The third kappa shape index (κ3) is 5.41. The van der Waals surface area contributed by atoms with Crippen molar-refractivity contribution < 1.29 is 0 Å².